The fourth-order valence-electron chi connectivity index (χ4n) is 2.33. The summed E-state index contributed by atoms with van der Waals surface area (Å²) in [5.74, 6) is 0.604. The average Bonchev–Trinajstić information content (AvgIpc) is 3.04. The highest BCUT2D eigenvalue weighted by Gasteiger charge is 2.55. The van der Waals surface area contributed by atoms with Crippen molar-refractivity contribution in [3.05, 3.63) is 29.6 Å². The van der Waals surface area contributed by atoms with Crippen molar-refractivity contribution >= 4 is 17.0 Å². The number of H-pyrrole nitrogens is 1. The van der Waals surface area contributed by atoms with Gasteiger partial charge in [0.05, 0.1) is 17.6 Å². The van der Waals surface area contributed by atoms with Crippen LogP contribution in [0.1, 0.15) is 31.2 Å². The second-order valence-corrected chi connectivity index (χ2v) is 4.86. The van der Waals surface area contributed by atoms with E-state index in [0.29, 0.717) is 6.61 Å². The zero-order valence-electron chi connectivity index (χ0n) is 10.6. The van der Waals surface area contributed by atoms with Crippen molar-refractivity contribution in [2.24, 2.45) is 0 Å². The van der Waals surface area contributed by atoms with Crippen LogP contribution >= 0.6 is 0 Å². The van der Waals surface area contributed by atoms with Crippen LogP contribution in [0, 0.1) is 6.92 Å². The molecule has 4 nitrogen and oxygen atoms in total. The van der Waals surface area contributed by atoms with E-state index in [9.17, 15) is 4.79 Å². The maximum Gasteiger partial charge on any atom is 0.319 e. The van der Waals surface area contributed by atoms with E-state index >= 15 is 0 Å². The van der Waals surface area contributed by atoms with Crippen LogP contribution < -0.4 is 0 Å². The topological polar surface area (TPSA) is 55.0 Å². The minimum Gasteiger partial charge on any atom is -0.465 e. The van der Waals surface area contributed by atoms with Gasteiger partial charge in [-0.25, -0.2) is 4.98 Å². The number of rotatable bonds is 3. The van der Waals surface area contributed by atoms with E-state index in [1.54, 1.807) is 0 Å². The summed E-state index contributed by atoms with van der Waals surface area (Å²) in [6, 6.07) is 6.00. The Balaban J connectivity index is 2.05. The summed E-state index contributed by atoms with van der Waals surface area (Å²) >= 11 is 0. The Kier molecular flexibility index (Phi) is 2.40. The first-order chi connectivity index (χ1) is 8.67. The molecule has 0 aliphatic heterocycles. The summed E-state index contributed by atoms with van der Waals surface area (Å²) in [6.07, 6.45) is 1.65. The largest absolute Gasteiger partial charge is 0.465 e. The SMILES string of the molecule is CCOC(=O)C1(c2nc3c(C)cccc3[nH]2)CC1. The first kappa shape index (κ1) is 11.3. The molecular weight excluding hydrogens is 228 g/mol. The number of carbonyl (C=O) groups excluding carboxylic acids is 1. The second kappa shape index (κ2) is 3.83. The maximum atomic E-state index is 12.0. The molecule has 1 saturated carbocycles. The summed E-state index contributed by atoms with van der Waals surface area (Å²) in [6.45, 7) is 4.27. The van der Waals surface area contributed by atoms with Crippen molar-refractivity contribution in [2.45, 2.75) is 32.1 Å². The van der Waals surface area contributed by atoms with Crippen molar-refractivity contribution in [3.63, 3.8) is 0 Å². The lowest BCUT2D eigenvalue weighted by atomic mass is 10.1. The number of nitrogens with zero attached hydrogens (tertiary/aromatic N) is 1. The summed E-state index contributed by atoms with van der Waals surface area (Å²) in [5.41, 5.74) is 2.54. The van der Waals surface area contributed by atoms with Gasteiger partial charge in [-0.1, -0.05) is 12.1 Å². The van der Waals surface area contributed by atoms with Gasteiger partial charge in [-0.2, -0.15) is 0 Å². The Morgan fingerprint density at radius 1 is 1.50 bits per heavy atom. The zero-order chi connectivity index (χ0) is 12.8. The Hall–Kier alpha value is -1.84. The van der Waals surface area contributed by atoms with E-state index < -0.39 is 5.41 Å². The van der Waals surface area contributed by atoms with Crippen molar-refractivity contribution in [1.29, 1.82) is 0 Å². The van der Waals surface area contributed by atoms with Gasteiger partial charge in [0, 0.05) is 0 Å². The predicted molar refractivity (Wildman–Crippen MR) is 68.4 cm³/mol. The van der Waals surface area contributed by atoms with Gasteiger partial charge in [0.2, 0.25) is 0 Å². The van der Waals surface area contributed by atoms with Crippen molar-refractivity contribution < 1.29 is 9.53 Å². The zero-order valence-corrected chi connectivity index (χ0v) is 10.6. The fourth-order valence-corrected chi connectivity index (χ4v) is 2.33. The third-order valence-corrected chi connectivity index (χ3v) is 3.58. The van der Waals surface area contributed by atoms with E-state index in [1.165, 1.54) is 0 Å². The van der Waals surface area contributed by atoms with Crippen LogP contribution in [0.15, 0.2) is 18.2 Å². The van der Waals surface area contributed by atoms with Crippen LogP contribution in [0.4, 0.5) is 0 Å². The molecule has 0 saturated heterocycles. The Labute approximate surface area is 105 Å². The number of aromatic amines is 1. The number of ether oxygens (including phenoxy) is 1. The Morgan fingerprint density at radius 2 is 2.28 bits per heavy atom. The Bertz CT molecular complexity index is 611. The molecule has 3 rings (SSSR count). The van der Waals surface area contributed by atoms with Crippen molar-refractivity contribution in [1.82, 2.24) is 9.97 Å². The molecule has 2 aromatic rings. The second-order valence-electron chi connectivity index (χ2n) is 4.86. The van der Waals surface area contributed by atoms with Crippen LogP contribution in [-0.4, -0.2) is 22.5 Å². The number of aromatic nitrogens is 2. The van der Waals surface area contributed by atoms with Crippen LogP contribution in [0.3, 0.4) is 0 Å². The molecule has 0 unspecified atom stereocenters. The molecule has 0 radical (unpaired) electrons. The summed E-state index contributed by atoms with van der Waals surface area (Å²) in [5, 5.41) is 0. The molecule has 1 aliphatic carbocycles. The normalized spacial score (nSPS) is 16.8. The highest BCUT2D eigenvalue weighted by Crippen LogP contribution is 2.48. The smallest absolute Gasteiger partial charge is 0.319 e. The molecule has 1 aromatic heterocycles. The lowest BCUT2D eigenvalue weighted by Gasteiger charge is -2.10. The van der Waals surface area contributed by atoms with Gasteiger partial charge in [0.15, 0.2) is 0 Å². The molecular formula is C14H16N2O2. The molecule has 1 heterocycles. The minimum absolute atomic E-state index is 0.151. The summed E-state index contributed by atoms with van der Waals surface area (Å²) in [7, 11) is 0. The maximum absolute atomic E-state index is 12.0. The molecule has 94 valence electrons. The van der Waals surface area contributed by atoms with Crippen LogP contribution in [0.25, 0.3) is 11.0 Å². The third kappa shape index (κ3) is 1.52. The molecule has 18 heavy (non-hydrogen) atoms. The van der Waals surface area contributed by atoms with Crippen LogP contribution in [0.2, 0.25) is 0 Å². The highest BCUT2D eigenvalue weighted by molar-refractivity contribution is 5.87. The number of aryl methyl sites for hydroxylation is 1. The number of benzene rings is 1. The van der Waals surface area contributed by atoms with E-state index in [4.69, 9.17) is 4.74 Å². The number of para-hydroxylation sites is 1. The van der Waals surface area contributed by atoms with Crippen molar-refractivity contribution in [2.75, 3.05) is 6.61 Å². The number of carbonyl (C=O) groups is 1. The van der Waals surface area contributed by atoms with Gasteiger partial charge in [0.25, 0.3) is 0 Å². The highest BCUT2D eigenvalue weighted by atomic mass is 16.5. The van der Waals surface area contributed by atoms with Gasteiger partial charge >= 0.3 is 5.97 Å². The van der Waals surface area contributed by atoms with Gasteiger partial charge in [-0.15, -0.1) is 0 Å². The molecule has 0 bridgehead atoms. The van der Waals surface area contributed by atoms with E-state index in [1.807, 2.05) is 32.0 Å². The van der Waals surface area contributed by atoms with Gasteiger partial charge in [-0.3, -0.25) is 4.79 Å². The molecule has 1 aromatic carbocycles. The average molecular weight is 244 g/mol. The summed E-state index contributed by atoms with van der Waals surface area (Å²) < 4.78 is 5.15. The van der Waals surface area contributed by atoms with Gasteiger partial charge < -0.3 is 9.72 Å². The quantitative estimate of drug-likeness (QED) is 0.844. The lowest BCUT2D eigenvalue weighted by molar-refractivity contribution is -0.146. The first-order valence-corrected chi connectivity index (χ1v) is 6.30. The monoisotopic (exact) mass is 244 g/mol. The first-order valence-electron chi connectivity index (χ1n) is 6.30. The molecule has 1 aliphatic rings. The number of imidazole rings is 1. The van der Waals surface area contributed by atoms with Gasteiger partial charge in [0.1, 0.15) is 11.2 Å². The summed E-state index contributed by atoms with van der Waals surface area (Å²) in [4.78, 5) is 19.9. The van der Waals surface area contributed by atoms with Crippen LogP contribution in [0.5, 0.6) is 0 Å². The molecule has 4 heteroatoms. The van der Waals surface area contributed by atoms with Crippen LogP contribution in [-0.2, 0) is 14.9 Å². The van der Waals surface area contributed by atoms with E-state index in [2.05, 4.69) is 9.97 Å². The Morgan fingerprint density at radius 3 is 2.89 bits per heavy atom. The molecule has 0 spiro atoms. The number of hydrogen-bond acceptors (Lipinski definition) is 3. The predicted octanol–water partition coefficient (Wildman–Crippen LogP) is 2.47. The molecule has 0 amide bonds. The van der Waals surface area contributed by atoms with E-state index in [0.717, 1.165) is 35.3 Å². The number of nitrogens with one attached hydrogen (secondary N) is 1. The fraction of sp³-hybridized carbons (Fsp3) is 0.429. The molecule has 1 fully saturated rings. The number of hydrogen-bond donors (Lipinski definition) is 1. The van der Waals surface area contributed by atoms with E-state index in [-0.39, 0.29) is 5.97 Å². The van der Waals surface area contributed by atoms with Gasteiger partial charge in [-0.05, 0) is 38.3 Å². The number of esters is 1. The lowest BCUT2D eigenvalue weighted by Crippen LogP contribution is -2.24. The van der Waals surface area contributed by atoms with Crippen molar-refractivity contribution in [3.8, 4) is 0 Å². The number of fused-ring (bicyclic) bond motifs is 1. The standard InChI is InChI=1S/C14H16N2O2/c1-3-18-13(17)14(7-8-14)12-15-10-6-4-5-9(2)11(10)16-12/h4-6H,3,7-8H2,1-2H3,(H,15,16). The molecule has 0 atom stereocenters. The minimum atomic E-state index is -0.512. The third-order valence-electron chi connectivity index (χ3n) is 3.58. The molecule has 1 N–H and O–H groups in total.